The Morgan fingerprint density at radius 1 is 0.947 bits per heavy atom. The van der Waals surface area contributed by atoms with Crippen LogP contribution in [-0.2, 0) is 6.42 Å². The minimum absolute atomic E-state index is 0.850. The average Bonchev–Trinajstić information content (AvgIpc) is 2.87. The van der Waals surface area contributed by atoms with E-state index in [1.807, 2.05) is 12.4 Å². The monoisotopic (exact) mass is 246 g/mol. The number of benzene rings is 2. The molecule has 0 amide bonds. The summed E-state index contributed by atoms with van der Waals surface area (Å²) in [5, 5.41) is 0. The van der Waals surface area contributed by atoms with Gasteiger partial charge in [-0.15, -0.1) is 0 Å². The van der Waals surface area contributed by atoms with Gasteiger partial charge in [-0.05, 0) is 28.3 Å². The van der Waals surface area contributed by atoms with Crippen molar-refractivity contribution in [2.75, 3.05) is 11.4 Å². The molecule has 0 fully saturated rings. The van der Waals surface area contributed by atoms with Crippen molar-refractivity contribution >= 4 is 11.9 Å². The highest BCUT2D eigenvalue weighted by Crippen LogP contribution is 2.41. The normalized spacial score (nSPS) is 15.5. The molecular weight excluding hydrogens is 232 g/mol. The molecule has 0 bridgehead atoms. The molecule has 0 saturated carbocycles. The van der Waals surface area contributed by atoms with Crippen LogP contribution in [0.2, 0.25) is 0 Å². The van der Waals surface area contributed by atoms with Gasteiger partial charge in [0.2, 0.25) is 0 Å². The van der Waals surface area contributed by atoms with Crippen LogP contribution in [0.3, 0.4) is 0 Å². The third kappa shape index (κ3) is 1.60. The second kappa shape index (κ2) is 4.09. The Bertz CT molecular complexity index is 698. The van der Waals surface area contributed by atoms with Crippen molar-refractivity contribution in [1.29, 1.82) is 0 Å². The molecule has 2 nitrogen and oxygen atoms in total. The van der Waals surface area contributed by atoms with Crippen molar-refractivity contribution in [2.24, 2.45) is 4.99 Å². The van der Waals surface area contributed by atoms with Gasteiger partial charge in [0.25, 0.3) is 0 Å². The maximum absolute atomic E-state index is 4.14. The number of hydrogen-bond acceptors (Lipinski definition) is 2. The van der Waals surface area contributed by atoms with Crippen LogP contribution < -0.4 is 4.90 Å². The van der Waals surface area contributed by atoms with Crippen LogP contribution in [0.5, 0.6) is 0 Å². The van der Waals surface area contributed by atoms with Crippen molar-refractivity contribution in [2.45, 2.75) is 6.42 Å². The Morgan fingerprint density at radius 2 is 1.84 bits per heavy atom. The van der Waals surface area contributed by atoms with E-state index in [9.17, 15) is 0 Å². The van der Waals surface area contributed by atoms with Gasteiger partial charge in [0.1, 0.15) is 0 Å². The highest BCUT2D eigenvalue weighted by atomic mass is 15.1. The Labute approximate surface area is 112 Å². The molecule has 0 aromatic heterocycles. The molecule has 1 heterocycles. The second-order valence-electron chi connectivity index (χ2n) is 4.92. The van der Waals surface area contributed by atoms with Crippen LogP contribution in [0.15, 0.2) is 59.9 Å². The lowest BCUT2D eigenvalue weighted by Gasteiger charge is -2.23. The number of aliphatic imine (C=N–C) groups is 1. The largest absolute Gasteiger partial charge is 0.341 e. The van der Waals surface area contributed by atoms with Gasteiger partial charge < -0.3 is 4.90 Å². The summed E-state index contributed by atoms with van der Waals surface area (Å²) in [5.74, 6) is 0. The molecule has 92 valence electrons. The number of rotatable bonds is 1. The molecule has 4 rings (SSSR count). The molecule has 0 N–H and O–H groups in total. The molecule has 2 aromatic rings. The summed E-state index contributed by atoms with van der Waals surface area (Å²) < 4.78 is 0. The lowest BCUT2D eigenvalue weighted by molar-refractivity contribution is 1.08. The van der Waals surface area contributed by atoms with E-state index in [4.69, 9.17) is 0 Å². The predicted octanol–water partition coefficient (Wildman–Crippen LogP) is 3.62. The van der Waals surface area contributed by atoms with Crippen LogP contribution in [0.1, 0.15) is 11.1 Å². The van der Waals surface area contributed by atoms with E-state index >= 15 is 0 Å². The Hall–Kier alpha value is -2.35. The highest BCUT2D eigenvalue weighted by molar-refractivity contribution is 5.84. The molecule has 2 aromatic carbocycles. The van der Waals surface area contributed by atoms with Gasteiger partial charge in [0, 0.05) is 30.7 Å². The highest BCUT2D eigenvalue weighted by Gasteiger charge is 2.22. The van der Waals surface area contributed by atoms with Crippen LogP contribution in [0, 0.1) is 0 Å². The van der Waals surface area contributed by atoms with E-state index in [2.05, 4.69) is 58.6 Å². The fourth-order valence-corrected chi connectivity index (χ4v) is 2.96. The lowest BCUT2D eigenvalue weighted by atomic mass is 10.0. The van der Waals surface area contributed by atoms with E-state index < -0.39 is 0 Å². The lowest BCUT2D eigenvalue weighted by Crippen LogP contribution is -2.21. The summed E-state index contributed by atoms with van der Waals surface area (Å²) in [5.41, 5.74) is 6.93. The minimum atomic E-state index is 0.850. The minimum Gasteiger partial charge on any atom is -0.341 e. The number of anilines is 1. The fourth-order valence-electron chi connectivity index (χ4n) is 2.96. The molecule has 2 aliphatic rings. The maximum Gasteiger partial charge on any atom is 0.0579 e. The zero-order chi connectivity index (χ0) is 12.7. The molecular formula is C17H14N2. The third-order valence-corrected chi connectivity index (χ3v) is 3.85. The van der Waals surface area contributed by atoms with Crippen LogP contribution in [-0.4, -0.2) is 12.8 Å². The first-order valence-corrected chi connectivity index (χ1v) is 6.58. The Kier molecular flexibility index (Phi) is 2.27. The van der Waals surface area contributed by atoms with Gasteiger partial charge in [-0.3, -0.25) is 4.99 Å². The van der Waals surface area contributed by atoms with E-state index in [0.717, 1.165) is 13.0 Å². The van der Waals surface area contributed by atoms with Crippen molar-refractivity contribution in [1.82, 2.24) is 0 Å². The van der Waals surface area contributed by atoms with Gasteiger partial charge in [-0.1, -0.05) is 36.4 Å². The predicted molar refractivity (Wildman–Crippen MR) is 79.7 cm³/mol. The van der Waals surface area contributed by atoms with E-state index in [-0.39, 0.29) is 0 Å². The Balaban J connectivity index is 1.85. The van der Waals surface area contributed by atoms with Gasteiger partial charge in [-0.25, -0.2) is 0 Å². The summed E-state index contributed by atoms with van der Waals surface area (Å²) >= 11 is 0. The van der Waals surface area contributed by atoms with Crippen LogP contribution in [0.25, 0.3) is 11.1 Å². The number of fused-ring (bicyclic) bond motifs is 3. The zero-order valence-electron chi connectivity index (χ0n) is 10.6. The van der Waals surface area contributed by atoms with Crippen LogP contribution >= 0.6 is 0 Å². The molecule has 2 heteroatoms. The van der Waals surface area contributed by atoms with Gasteiger partial charge >= 0.3 is 0 Å². The molecule has 0 radical (unpaired) electrons. The molecule has 19 heavy (non-hydrogen) atoms. The molecule has 0 spiro atoms. The fraction of sp³-hybridized carbons (Fsp3) is 0.118. The summed E-state index contributed by atoms with van der Waals surface area (Å²) in [7, 11) is 0. The average molecular weight is 246 g/mol. The zero-order valence-corrected chi connectivity index (χ0v) is 10.6. The van der Waals surface area contributed by atoms with Gasteiger partial charge in [0.15, 0.2) is 0 Å². The van der Waals surface area contributed by atoms with Crippen molar-refractivity contribution < 1.29 is 0 Å². The smallest absolute Gasteiger partial charge is 0.0579 e. The number of nitrogens with zero attached hydrogens (tertiary/aromatic N) is 2. The van der Waals surface area contributed by atoms with E-state index in [1.54, 1.807) is 0 Å². The maximum atomic E-state index is 4.14. The topological polar surface area (TPSA) is 15.6 Å². The van der Waals surface area contributed by atoms with Crippen molar-refractivity contribution in [3.63, 3.8) is 0 Å². The SMILES string of the molecule is C1=CN(c2cccc3c2Cc2ccccc2-3)CC=N1. The summed E-state index contributed by atoms with van der Waals surface area (Å²) in [4.78, 5) is 6.40. The molecule has 0 atom stereocenters. The Morgan fingerprint density at radius 3 is 2.74 bits per heavy atom. The van der Waals surface area contributed by atoms with Crippen molar-refractivity contribution in [3.05, 3.63) is 66.0 Å². The summed E-state index contributed by atoms with van der Waals surface area (Å²) in [6, 6.07) is 15.3. The summed E-state index contributed by atoms with van der Waals surface area (Å²) in [6.07, 6.45) is 6.88. The molecule has 1 aliphatic carbocycles. The first kappa shape index (κ1) is 10.6. The van der Waals surface area contributed by atoms with E-state index in [1.165, 1.54) is 27.9 Å². The van der Waals surface area contributed by atoms with Crippen molar-refractivity contribution in [3.8, 4) is 11.1 Å². The standard InChI is InChI=1S/C17H14N2/c1-2-5-14-13(4-1)12-16-15(14)6-3-7-17(16)19-10-8-18-9-11-19/h1-10H,11-12H2. The van der Waals surface area contributed by atoms with Crippen LogP contribution in [0.4, 0.5) is 5.69 Å². The van der Waals surface area contributed by atoms with Gasteiger partial charge in [0.05, 0.1) is 6.54 Å². The molecule has 0 saturated heterocycles. The quantitative estimate of drug-likeness (QED) is 0.640. The summed E-state index contributed by atoms with van der Waals surface area (Å²) in [6.45, 7) is 0.850. The van der Waals surface area contributed by atoms with Gasteiger partial charge in [-0.2, -0.15) is 0 Å². The first-order chi connectivity index (χ1) is 9.43. The van der Waals surface area contributed by atoms with E-state index in [0.29, 0.717) is 0 Å². The third-order valence-electron chi connectivity index (χ3n) is 3.85. The molecule has 0 unspecified atom stereocenters. The molecule has 1 aliphatic heterocycles. The number of hydrogen-bond donors (Lipinski definition) is 0. The first-order valence-electron chi connectivity index (χ1n) is 6.58. The second-order valence-corrected chi connectivity index (χ2v) is 4.92.